The molecule has 0 unspecified atom stereocenters. The number of alkyl halides is 3. The average Bonchev–Trinajstić information content (AvgIpc) is 3.51. The molecule has 0 aliphatic carbocycles. The Kier molecular flexibility index (Phi) is 6.72. The Balaban J connectivity index is 1.52. The van der Waals surface area contributed by atoms with Crippen molar-refractivity contribution >= 4 is 23.3 Å². The number of rotatable bonds is 8. The number of nitrogens with two attached hydrogens (primary N) is 1. The minimum Gasteiger partial charge on any atom is -0.444 e. The zero-order chi connectivity index (χ0) is 25.9. The van der Waals surface area contributed by atoms with Crippen LogP contribution in [0.3, 0.4) is 0 Å². The number of halogens is 3. The third kappa shape index (κ3) is 5.68. The highest BCUT2D eigenvalue weighted by molar-refractivity contribution is 6.07. The van der Waals surface area contributed by atoms with Crippen LogP contribution in [0.5, 0.6) is 0 Å². The molecule has 4 aromatic rings. The van der Waals surface area contributed by atoms with Gasteiger partial charge < -0.3 is 20.8 Å². The highest BCUT2D eigenvalue weighted by atomic mass is 19.4. The van der Waals surface area contributed by atoms with Gasteiger partial charge in [0.05, 0.1) is 17.6 Å². The first-order valence-corrected chi connectivity index (χ1v) is 10.7. The summed E-state index contributed by atoms with van der Waals surface area (Å²) < 4.78 is 44.1. The van der Waals surface area contributed by atoms with Crippen LogP contribution >= 0.6 is 0 Å². The van der Waals surface area contributed by atoms with Crippen molar-refractivity contribution in [3.63, 3.8) is 0 Å². The maximum atomic E-state index is 12.8. The van der Waals surface area contributed by atoms with Crippen LogP contribution in [0.1, 0.15) is 33.5 Å². The second kappa shape index (κ2) is 9.90. The van der Waals surface area contributed by atoms with E-state index in [0.29, 0.717) is 11.3 Å². The van der Waals surface area contributed by atoms with E-state index < -0.39 is 24.5 Å². The van der Waals surface area contributed by atoms with Gasteiger partial charge in [0.2, 0.25) is 5.89 Å². The van der Waals surface area contributed by atoms with E-state index in [4.69, 9.17) is 10.2 Å². The van der Waals surface area contributed by atoms with Gasteiger partial charge in [-0.2, -0.15) is 18.3 Å². The van der Waals surface area contributed by atoms with Crippen molar-refractivity contribution in [2.45, 2.75) is 19.5 Å². The van der Waals surface area contributed by atoms with Gasteiger partial charge in [-0.1, -0.05) is 19.1 Å². The second-order valence-corrected chi connectivity index (χ2v) is 7.61. The summed E-state index contributed by atoms with van der Waals surface area (Å²) in [6, 6.07) is 10.2. The van der Waals surface area contributed by atoms with Crippen molar-refractivity contribution in [1.29, 1.82) is 0 Å². The molecule has 2 amide bonds. The molecule has 0 bridgehead atoms. The topological polar surface area (TPSA) is 141 Å². The summed E-state index contributed by atoms with van der Waals surface area (Å²) in [5, 5.41) is 8.87. The molecule has 0 aliphatic heterocycles. The number of pyridine rings is 1. The third-order valence-electron chi connectivity index (χ3n) is 5.02. The number of primary amides is 1. The highest BCUT2D eigenvalue weighted by Gasteiger charge is 2.27. The molecule has 186 valence electrons. The van der Waals surface area contributed by atoms with Crippen LogP contribution in [0.25, 0.3) is 17.1 Å². The fourth-order valence-corrected chi connectivity index (χ4v) is 3.21. The number of hydrogen-bond acceptors (Lipinski definition) is 7. The molecule has 13 heteroatoms. The molecule has 0 saturated heterocycles. The third-order valence-corrected chi connectivity index (χ3v) is 5.02. The lowest BCUT2D eigenvalue weighted by molar-refractivity contribution is -0.115. The van der Waals surface area contributed by atoms with Gasteiger partial charge >= 0.3 is 6.18 Å². The van der Waals surface area contributed by atoms with E-state index in [0.717, 1.165) is 18.2 Å². The number of anilines is 2. The molecule has 36 heavy (non-hydrogen) atoms. The molecule has 0 spiro atoms. The van der Waals surface area contributed by atoms with Crippen LogP contribution in [0.4, 0.5) is 24.7 Å². The summed E-state index contributed by atoms with van der Waals surface area (Å²) in [6.07, 6.45) is 0.242. The van der Waals surface area contributed by atoms with Crippen molar-refractivity contribution in [2.75, 3.05) is 17.2 Å². The molecule has 4 rings (SSSR count). The zero-order valence-electron chi connectivity index (χ0n) is 18.8. The number of nitrogens with one attached hydrogen (secondary N) is 2. The van der Waals surface area contributed by atoms with E-state index in [-0.39, 0.29) is 28.8 Å². The lowest BCUT2D eigenvalue weighted by atomic mass is 10.1. The minimum absolute atomic E-state index is 0.0144. The minimum atomic E-state index is -4.41. The highest BCUT2D eigenvalue weighted by Crippen LogP contribution is 2.23. The van der Waals surface area contributed by atoms with Crippen LogP contribution in [0.2, 0.25) is 0 Å². The fraction of sp³-hybridized carbons (Fsp3) is 0.174. The van der Waals surface area contributed by atoms with Crippen molar-refractivity contribution in [3.05, 3.63) is 72.0 Å². The number of nitrogens with zero attached hydrogens (tertiary/aromatic N) is 4. The molecule has 10 nitrogen and oxygen atoms in total. The predicted molar refractivity (Wildman–Crippen MR) is 124 cm³/mol. The summed E-state index contributed by atoms with van der Waals surface area (Å²) in [7, 11) is 0. The van der Waals surface area contributed by atoms with Crippen LogP contribution < -0.4 is 16.4 Å². The quantitative estimate of drug-likeness (QED) is 0.335. The number of aryl methyl sites for hydroxylation is 1. The normalized spacial score (nSPS) is 11.3. The Labute approximate surface area is 202 Å². The summed E-state index contributed by atoms with van der Waals surface area (Å²) >= 11 is 0. The largest absolute Gasteiger partial charge is 0.444 e. The molecule has 0 saturated carbocycles. The molecular formula is C23H20F3N7O3. The molecule has 3 aromatic heterocycles. The number of amides is 2. The SMILES string of the molecule is CCc1ccc(-n2cc(NC(=O)c3coc(-c4ccnc(NCC(F)(F)F)c4)n3)c(C(N)=O)n2)cc1. The number of carbonyl (C=O) groups excluding carboxylic acids is 2. The summed E-state index contributed by atoms with van der Waals surface area (Å²) in [6.45, 7) is 0.761. The van der Waals surface area contributed by atoms with Crippen molar-refractivity contribution in [3.8, 4) is 17.1 Å². The van der Waals surface area contributed by atoms with Gasteiger partial charge in [0.15, 0.2) is 11.4 Å². The standard InChI is InChI=1S/C23H20F3N7O3/c1-2-13-3-5-15(6-4-13)33-10-16(19(32-33)20(27)34)30-21(35)17-11-36-22(31-17)14-7-8-28-18(9-14)29-12-23(24,25)26/h3-11H,2,12H2,1H3,(H2,27,34)(H,28,29)(H,30,35). The number of benzene rings is 1. The van der Waals surface area contributed by atoms with Gasteiger partial charge in [0, 0.05) is 11.8 Å². The molecule has 0 radical (unpaired) electrons. The Bertz CT molecular complexity index is 1390. The molecule has 0 atom stereocenters. The smallest absolute Gasteiger partial charge is 0.405 e. The Morgan fingerprint density at radius 3 is 2.58 bits per heavy atom. The second-order valence-electron chi connectivity index (χ2n) is 7.61. The first-order valence-electron chi connectivity index (χ1n) is 10.7. The van der Waals surface area contributed by atoms with Crippen molar-refractivity contribution in [2.24, 2.45) is 5.73 Å². The van der Waals surface area contributed by atoms with E-state index in [1.54, 1.807) is 0 Å². The van der Waals surface area contributed by atoms with Gasteiger partial charge in [0.1, 0.15) is 18.6 Å². The van der Waals surface area contributed by atoms with Crippen LogP contribution in [-0.4, -0.2) is 44.3 Å². The van der Waals surface area contributed by atoms with Gasteiger partial charge in [0.25, 0.3) is 11.8 Å². The summed E-state index contributed by atoms with van der Waals surface area (Å²) in [5.74, 6) is -1.61. The number of aromatic nitrogens is 4. The lowest BCUT2D eigenvalue weighted by Crippen LogP contribution is -2.21. The van der Waals surface area contributed by atoms with E-state index in [1.807, 2.05) is 31.2 Å². The number of carbonyl (C=O) groups is 2. The maximum absolute atomic E-state index is 12.8. The first kappa shape index (κ1) is 24.4. The van der Waals surface area contributed by atoms with E-state index in [9.17, 15) is 22.8 Å². The number of oxazole rings is 1. The number of hydrogen-bond donors (Lipinski definition) is 3. The molecule has 4 N–H and O–H groups in total. The van der Waals surface area contributed by atoms with Gasteiger partial charge in [-0.3, -0.25) is 9.59 Å². The monoisotopic (exact) mass is 499 g/mol. The molecule has 3 heterocycles. The predicted octanol–water partition coefficient (Wildman–Crippen LogP) is 3.81. The Hall–Kier alpha value is -4.68. The first-order chi connectivity index (χ1) is 17.1. The van der Waals surface area contributed by atoms with Crippen molar-refractivity contribution < 1.29 is 27.2 Å². The fourth-order valence-electron chi connectivity index (χ4n) is 3.21. The summed E-state index contributed by atoms with van der Waals surface area (Å²) in [5.41, 5.74) is 7.29. The Morgan fingerprint density at radius 2 is 1.92 bits per heavy atom. The molecule has 0 fully saturated rings. The zero-order valence-corrected chi connectivity index (χ0v) is 18.8. The maximum Gasteiger partial charge on any atom is 0.405 e. The van der Waals surface area contributed by atoms with Crippen molar-refractivity contribution in [1.82, 2.24) is 19.7 Å². The van der Waals surface area contributed by atoms with Crippen LogP contribution in [0, 0.1) is 0 Å². The van der Waals surface area contributed by atoms with Gasteiger partial charge in [-0.15, -0.1) is 0 Å². The average molecular weight is 499 g/mol. The summed E-state index contributed by atoms with van der Waals surface area (Å²) in [4.78, 5) is 32.6. The van der Waals surface area contributed by atoms with Gasteiger partial charge in [-0.05, 0) is 36.2 Å². The lowest BCUT2D eigenvalue weighted by Gasteiger charge is -2.08. The molecule has 0 aliphatic rings. The van der Waals surface area contributed by atoms with Crippen LogP contribution in [-0.2, 0) is 6.42 Å². The Morgan fingerprint density at radius 1 is 1.17 bits per heavy atom. The van der Waals surface area contributed by atoms with E-state index in [2.05, 4.69) is 25.7 Å². The molecular weight excluding hydrogens is 479 g/mol. The molecule has 1 aromatic carbocycles. The van der Waals surface area contributed by atoms with Gasteiger partial charge in [-0.25, -0.2) is 14.6 Å². The van der Waals surface area contributed by atoms with E-state index in [1.165, 1.54) is 29.2 Å². The van der Waals surface area contributed by atoms with Crippen LogP contribution in [0.15, 0.2) is 59.5 Å². The van der Waals surface area contributed by atoms with E-state index >= 15 is 0 Å².